The van der Waals surface area contributed by atoms with Crippen LogP contribution < -0.4 is 5.32 Å². The van der Waals surface area contributed by atoms with Crippen molar-refractivity contribution >= 4 is 12.4 Å². The van der Waals surface area contributed by atoms with Crippen molar-refractivity contribution in [1.29, 1.82) is 0 Å². The molecule has 4 heteroatoms. The fourth-order valence-electron chi connectivity index (χ4n) is 1.97. The van der Waals surface area contributed by atoms with Gasteiger partial charge in [0.25, 0.3) is 0 Å². The van der Waals surface area contributed by atoms with Crippen molar-refractivity contribution in [3.63, 3.8) is 0 Å². The lowest BCUT2D eigenvalue weighted by atomic mass is 10.0. The van der Waals surface area contributed by atoms with E-state index >= 15 is 0 Å². The minimum Gasteiger partial charge on any atom is -0.312 e. The van der Waals surface area contributed by atoms with Crippen LogP contribution in [0.4, 0.5) is 8.78 Å². The van der Waals surface area contributed by atoms with E-state index in [-0.39, 0.29) is 24.0 Å². The second kappa shape index (κ2) is 5.78. The Morgan fingerprint density at radius 2 is 2.00 bits per heavy atom. The van der Waals surface area contributed by atoms with Crippen LogP contribution in [-0.4, -0.2) is 6.54 Å². The molecule has 0 heterocycles. The molecule has 1 aromatic carbocycles. The Labute approximate surface area is 107 Å². The lowest BCUT2D eigenvalue weighted by Gasteiger charge is -2.13. The molecule has 1 aliphatic carbocycles. The molecule has 0 aliphatic heterocycles. The van der Waals surface area contributed by atoms with E-state index in [0.717, 1.165) is 19.0 Å². The van der Waals surface area contributed by atoms with Crippen molar-refractivity contribution in [1.82, 2.24) is 5.32 Å². The van der Waals surface area contributed by atoms with Crippen LogP contribution in [0.5, 0.6) is 0 Å². The standard InChI is InChI=1S/C13H17F2N.ClH/c1-2-13(5-6-13)9-16-8-10-7-11(14)3-4-12(10)15;/h3-4,7,16H,2,5-6,8-9H2,1H3;1H. The van der Waals surface area contributed by atoms with Crippen LogP contribution in [0, 0.1) is 17.0 Å². The molecule has 1 aliphatic rings. The molecule has 0 bridgehead atoms. The largest absolute Gasteiger partial charge is 0.312 e. The molecule has 0 amide bonds. The molecule has 0 aromatic heterocycles. The maximum atomic E-state index is 13.3. The molecule has 96 valence electrons. The van der Waals surface area contributed by atoms with Crippen LogP contribution in [0.1, 0.15) is 31.7 Å². The third-order valence-electron chi connectivity index (χ3n) is 3.53. The summed E-state index contributed by atoms with van der Waals surface area (Å²) >= 11 is 0. The fourth-order valence-corrected chi connectivity index (χ4v) is 1.97. The Kier molecular flexibility index (Phi) is 4.90. The van der Waals surface area contributed by atoms with E-state index in [2.05, 4.69) is 12.2 Å². The van der Waals surface area contributed by atoms with Crippen LogP contribution in [0.2, 0.25) is 0 Å². The summed E-state index contributed by atoms with van der Waals surface area (Å²) in [5.41, 5.74) is 0.843. The topological polar surface area (TPSA) is 12.0 Å². The third-order valence-corrected chi connectivity index (χ3v) is 3.53. The Balaban J connectivity index is 0.00000144. The molecule has 1 N–H and O–H groups in total. The summed E-state index contributed by atoms with van der Waals surface area (Å²) in [6, 6.07) is 3.58. The summed E-state index contributed by atoms with van der Waals surface area (Å²) in [7, 11) is 0. The molecule has 0 saturated heterocycles. The van der Waals surface area contributed by atoms with Crippen LogP contribution in [0.25, 0.3) is 0 Å². The van der Waals surface area contributed by atoms with E-state index in [1.165, 1.54) is 25.0 Å². The van der Waals surface area contributed by atoms with Crippen molar-refractivity contribution < 1.29 is 8.78 Å². The molecule has 0 spiro atoms. The van der Waals surface area contributed by atoms with Gasteiger partial charge in [0.1, 0.15) is 11.6 Å². The van der Waals surface area contributed by atoms with E-state index in [1.54, 1.807) is 0 Å². The molecule has 1 aromatic rings. The summed E-state index contributed by atoms with van der Waals surface area (Å²) in [5.74, 6) is -0.718. The maximum absolute atomic E-state index is 13.3. The fraction of sp³-hybridized carbons (Fsp3) is 0.538. The van der Waals surface area contributed by atoms with E-state index in [1.807, 2.05) is 0 Å². The predicted molar refractivity (Wildman–Crippen MR) is 67.3 cm³/mol. The van der Waals surface area contributed by atoms with Gasteiger partial charge in [-0.25, -0.2) is 8.78 Å². The highest BCUT2D eigenvalue weighted by Gasteiger charge is 2.39. The molecule has 0 radical (unpaired) electrons. The lowest BCUT2D eigenvalue weighted by molar-refractivity contribution is 0.439. The number of hydrogen-bond donors (Lipinski definition) is 1. The summed E-state index contributed by atoms with van der Waals surface area (Å²) in [6.45, 7) is 3.49. The van der Waals surface area contributed by atoms with Gasteiger partial charge in [0.2, 0.25) is 0 Å². The van der Waals surface area contributed by atoms with Crippen molar-refractivity contribution in [2.75, 3.05) is 6.54 Å². The molecule has 1 fully saturated rings. The number of rotatable bonds is 5. The first-order valence-corrected chi connectivity index (χ1v) is 5.80. The number of hydrogen-bond acceptors (Lipinski definition) is 1. The zero-order valence-electron chi connectivity index (χ0n) is 9.93. The minimum atomic E-state index is -0.380. The van der Waals surface area contributed by atoms with Crippen molar-refractivity contribution in [2.45, 2.75) is 32.7 Å². The first-order valence-electron chi connectivity index (χ1n) is 5.80. The van der Waals surface area contributed by atoms with Gasteiger partial charge in [0.05, 0.1) is 0 Å². The molecule has 17 heavy (non-hydrogen) atoms. The molecule has 1 saturated carbocycles. The zero-order chi connectivity index (χ0) is 11.6. The smallest absolute Gasteiger partial charge is 0.127 e. The maximum Gasteiger partial charge on any atom is 0.127 e. The second-order valence-corrected chi connectivity index (χ2v) is 4.69. The van der Waals surface area contributed by atoms with E-state index in [9.17, 15) is 8.78 Å². The predicted octanol–water partition coefficient (Wildman–Crippen LogP) is 3.67. The molecule has 0 atom stereocenters. The normalized spacial score (nSPS) is 16.4. The van der Waals surface area contributed by atoms with Gasteiger partial charge in [0.15, 0.2) is 0 Å². The molecule has 1 nitrogen and oxygen atoms in total. The average Bonchev–Trinajstić information content (AvgIpc) is 3.04. The van der Waals surface area contributed by atoms with Gasteiger partial charge in [0, 0.05) is 18.7 Å². The monoisotopic (exact) mass is 261 g/mol. The van der Waals surface area contributed by atoms with Crippen LogP contribution in [0.3, 0.4) is 0 Å². The van der Waals surface area contributed by atoms with Gasteiger partial charge in [-0.3, -0.25) is 0 Å². The quantitative estimate of drug-likeness (QED) is 0.853. The lowest BCUT2D eigenvalue weighted by Crippen LogP contribution is -2.23. The first kappa shape index (κ1) is 14.4. The Bertz CT molecular complexity index is 378. The van der Waals surface area contributed by atoms with Gasteiger partial charge < -0.3 is 5.32 Å². The number of benzene rings is 1. The van der Waals surface area contributed by atoms with E-state index < -0.39 is 0 Å². The van der Waals surface area contributed by atoms with Gasteiger partial charge in [-0.05, 0) is 42.9 Å². The van der Waals surface area contributed by atoms with Crippen LogP contribution >= 0.6 is 12.4 Å². The Morgan fingerprint density at radius 3 is 2.59 bits per heavy atom. The SMILES string of the molecule is CCC1(CNCc2cc(F)ccc2F)CC1.Cl. The highest BCUT2D eigenvalue weighted by Crippen LogP contribution is 2.47. The number of halogens is 3. The highest BCUT2D eigenvalue weighted by molar-refractivity contribution is 5.85. The van der Waals surface area contributed by atoms with Crippen LogP contribution in [0.15, 0.2) is 18.2 Å². The van der Waals surface area contributed by atoms with Crippen molar-refractivity contribution in [3.8, 4) is 0 Å². The van der Waals surface area contributed by atoms with Gasteiger partial charge >= 0.3 is 0 Å². The Hall–Kier alpha value is -0.670. The van der Waals surface area contributed by atoms with E-state index in [4.69, 9.17) is 0 Å². The summed E-state index contributed by atoms with van der Waals surface area (Å²) < 4.78 is 26.2. The Morgan fingerprint density at radius 1 is 1.29 bits per heavy atom. The van der Waals surface area contributed by atoms with Crippen LogP contribution in [-0.2, 0) is 6.54 Å². The third kappa shape index (κ3) is 3.65. The average molecular weight is 262 g/mol. The molecule has 2 rings (SSSR count). The highest BCUT2D eigenvalue weighted by atomic mass is 35.5. The van der Waals surface area contributed by atoms with Gasteiger partial charge in [-0.15, -0.1) is 12.4 Å². The van der Waals surface area contributed by atoms with E-state index in [0.29, 0.717) is 17.5 Å². The van der Waals surface area contributed by atoms with Crippen molar-refractivity contribution in [2.24, 2.45) is 5.41 Å². The van der Waals surface area contributed by atoms with Gasteiger partial charge in [-0.1, -0.05) is 6.92 Å². The molecular weight excluding hydrogens is 244 g/mol. The first-order chi connectivity index (χ1) is 7.65. The summed E-state index contributed by atoms with van der Waals surface area (Å²) in [4.78, 5) is 0. The minimum absolute atomic E-state index is 0. The van der Waals surface area contributed by atoms with Crippen molar-refractivity contribution in [3.05, 3.63) is 35.4 Å². The molecular formula is C13H18ClF2N. The summed E-state index contributed by atoms with van der Waals surface area (Å²) in [5, 5.41) is 3.22. The number of nitrogens with one attached hydrogen (secondary N) is 1. The zero-order valence-corrected chi connectivity index (χ0v) is 10.7. The molecule has 0 unspecified atom stereocenters. The second-order valence-electron chi connectivity index (χ2n) is 4.69. The summed E-state index contributed by atoms with van der Waals surface area (Å²) in [6.07, 6.45) is 3.66. The van der Waals surface area contributed by atoms with Gasteiger partial charge in [-0.2, -0.15) is 0 Å².